The third-order valence-corrected chi connectivity index (χ3v) is 13.6. The fourth-order valence-electron chi connectivity index (χ4n) is 10.4. The van der Waals surface area contributed by atoms with Gasteiger partial charge in [0.25, 0.3) is 0 Å². The van der Waals surface area contributed by atoms with E-state index in [0.29, 0.717) is 17.6 Å². The number of hydrogen-bond donors (Lipinski definition) is 0. The highest BCUT2D eigenvalue weighted by molar-refractivity contribution is 6.24. The summed E-state index contributed by atoms with van der Waals surface area (Å²) in [6.07, 6.45) is 0. The maximum Gasteiger partial charge on any atom is 0.238 e. The van der Waals surface area contributed by atoms with E-state index in [9.17, 15) is 0 Å². The zero-order chi connectivity index (χ0) is 45.4. The van der Waals surface area contributed by atoms with Crippen LogP contribution in [-0.4, -0.2) is 24.1 Å². The molecule has 0 amide bonds. The van der Waals surface area contributed by atoms with Crippen LogP contribution in [0.5, 0.6) is 0 Å². The fraction of sp³-hybridized carbons (Fsp3) is 0. The summed E-state index contributed by atoms with van der Waals surface area (Å²) in [5, 5.41) is 6.61. The summed E-state index contributed by atoms with van der Waals surface area (Å²) in [7, 11) is 0. The second-order valence-corrected chi connectivity index (χ2v) is 17.6. The highest BCUT2D eigenvalue weighted by atomic mass is 16.3. The summed E-state index contributed by atoms with van der Waals surface area (Å²) < 4.78 is 11.4. The van der Waals surface area contributed by atoms with Gasteiger partial charge in [0.15, 0.2) is 11.6 Å². The lowest BCUT2D eigenvalue weighted by atomic mass is 10.0. The molecule has 0 saturated heterocycles. The minimum absolute atomic E-state index is 0.530. The van der Waals surface area contributed by atoms with Crippen LogP contribution in [0, 0.1) is 0 Å². The molecule has 6 nitrogen and oxygen atoms in total. The Kier molecular flexibility index (Phi) is 8.79. The molecule has 0 fully saturated rings. The molecule has 0 aliphatic carbocycles. The lowest BCUT2D eigenvalue weighted by molar-refractivity contribution is 0.670. The van der Waals surface area contributed by atoms with E-state index in [-0.39, 0.29) is 0 Å². The van der Waals surface area contributed by atoms with Crippen LogP contribution in [-0.2, 0) is 0 Å². The first kappa shape index (κ1) is 38.8. The Morgan fingerprint density at radius 2 is 0.768 bits per heavy atom. The highest BCUT2D eigenvalue weighted by Gasteiger charge is 2.25. The number of nitrogens with zero attached hydrogens (tertiary/aromatic N) is 5. The van der Waals surface area contributed by atoms with E-state index in [0.717, 1.165) is 116 Å². The van der Waals surface area contributed by atoms with Crippen molar-refractivity contribution in [3.05, 3.63) is 237 Å². The van der Waals surface area contributed by atoms with Crippen LogP contribution < -0.4 is 0 Å². The van der Waals surface area contributed by atoms with Crippen molar-refractivity contribution in [2.75, 3.05) is 0 Å². The number of furan rings is 1. The van der Waals surface area contributed by atoms with Crippen LogP contribution in [0.2, 0.25) is 0 Å². The molecule has 0 bridgehead atoms. The third kappa shape index (κ3) is 6.30. The normalized spacial score (nSPS) is 11.8. The van der Waals surface area contributed by atoms with E-state index in [1.165, 1.54) is 0 Å². The third-order valence-electron chi connectivity index (χ3n) is 13.6. The first-order valence-electron chi connectivity index (χ1n) is 23.3. The average Bonchev–Trinajstić information content (AvgIpc) is 4.09. The van der Waals surface area contributed by atoms with Crippen molar-refractivity contribution in [2.45, 2.75) is 0 Å². The molecule has 4 heterocycles. The monoisotopic (exact) mass is 881 g/mol. The van der Waals surface area contributed by atoms with E-state index in [1.54, 1.807) is 0 Å². The standard InChI is InChI=1S/C63H39N5O/c1-4-18-40(19-5-1)43-24-16-26-45(36-43)61-64-62(46-27-17-25-44(37-46)41-20-6-2-7-21-41)66-63(65-61)68-56-32-14-11-29-49(56)52-35-34-51-48-28-10-13-31-55(48)67(58(51)59(52)68)47-38-53(42-22-8-3-9-23-42)60-54(39-47)50-30-12-15-33-57(50)69-60/h1-39H. The van der Waals surface area contributed by atoms with Crippen LogP contribution in [0.3, 0.4) is 0 Å². The molecule has 10 aromatic carbocycles. The average molecular weight is 882 g/mol. The predicted molar refractivity (Wildman–Crippen MR) is 283 cm³/mol. The van der Waals surface area contributed by atoms with Gasteiger partial charge in [0.2, 0.25) is 5.95 Å². The van der Waals surface area contributed by atoms with Crippen LogP contribution in [0.1, 0.15) is 0 Å². The van der Waals surface area contributed by atoms with E-state index in [1.807, 2.05) is 18.2 Å². The fourth-order valence-corrected chi connectivity index (χ4v) is 10.4. The van der Waals surface area contributed by atoms with Crippen molar-refractivity contribution in [2.24, 2.45) is 0 Å². The molecule has 0 radical (unpaired) electrons. The smallest absolute Gasteiger partial charge is 0.238 e. The molecule has 14 rings (SSSR count). The first-order chi connectivity index (χ1) is 34.2. The van der Waals surface area contributed by atoms with Gasteiger partial charge < -0.3 is 8.98 Å². The summed E-state index contributed by atoms with van der Waals surface area (Å²) in [6.45, 7) is 0. The van der Waals surface area contributed by atoms with Crippen LogP contribution in [0.15, 0.2) is 241 Å². The quantitative estimate of drug-likeness (QED) is 0.160. The topological polar surface area (TPSA) is 61.7 Å². The number of aromatic nitrogens is 5. The summed E-state index contributed by atoms with van der Waals surface area (Å²) >= 11 is 0. The second-order valence-electron chi connectivity index (χ2n) is 17.6. The van der Waals surface area contributed by atoms with Crippen LogP contribution in [0.4, 0.5) is 0 Å². The van der Waals surface area contributed by atoms with Crippen molar-refractivity contribution in [3.8, 4) is 67.8 Å². The number of fused-ring (bicyclic) bond motifs is 10. The lowest BCUT2D eigenvalue weighted by Crippen LogP contribution is -2.07. The van der Waals surface area contributed by atoms with Gasteiger partial charge in [0, 0.05) is 54.7 Å². The van der Waals surface area contributed by atoms with E-state index < -0.39 is 0 Å². The van der Waals surface area contributed by atoms with Gasteiger partial charge in [0.05, 0.1) is 22.1 Å². The largest absolute Gasteiger partial charge is 0.455 e. The maximum absolute atomic E-state index is 6.70. The molecule has 14 aromatic rings. The number of para-hydroxylation sites is 3. The first-order valence-corrected chi connectivity index (χ1v) is 23.3. The molecule has 0 atom stereocenters. The summed E-state index contributed by atoms with van der Waals surface area (Å²) in [6, 6.07) is 83.3. The van der Waals surface area contributed by atoms with Gasteiger partial charge in [-0.1, -0.05) is 194 Å². The van der Waals surface area contributed by atoms with Gasteiger partial charge in [-0.3, -0.25) is 4.57 Å². The zero-order valence-electron chi connectivity index (χ0n) is 37.2. The lowest BCUT2D eigenvalue weighted by Gasteiger charge is -2.15. The summed E-state index contributed by atoms with van der Waals surface area (Å²) in [4.78, 5) is 16.3. The number of benzene rings is 10. The second kappa shape index (κ2) is 15.6. The molecule has 0 aliphatic rings. The predicted octanol–water partition coefficient (Wildman–Crippen LogP) is 16.3. The molecule has 322 valence electrons. The minimum Gasteiger partial charge on any atom is -0.455 e. The van der Waals surface area contributed by atoms with Gasteiger partial charge in [-0.15, -0.1) is 0 Å². The van der Waals surface area contributed by atoms with Gasteiger partial charge in [-0.25, -0.2) is 4.98 Å². The molecule has 4 aromatic heterocycles. The number of hydrogen-bond acceptors (Lipinski definition) is 4. The molecule has 0 aliphatic heterocycles. The van der Waals surface area contributed by atoms with Crippen molar-refractivity contribution in [1.29, 1.82) is 0 Å². The van der Waals surface area contributed by atoms with E-state index in [2.05, 4.69) is 228 Å². The maximum atomic E-state index is 6.70. The Hall–Kier alpha value is -9.39. The Balaban J connectivity index is 1.10. The van der Waals surface area contributed by atoms with Gasteiger partial charge in [-0.2, -0.15) is 9.97 Å². The molecule has 0 spiro atoms. The highest BCUT2D eigenvalue weighted by Crippen LogP contribution is 2.44. The molecule has 0 N–H and O–H groups in total. The van der Waals surface area contributed by atoms with E-state index >= 15 is 0 Å². The molecular formula is C63H39N5O. The van der Waals surface area contributed by atoms with Crippen molar-refractivity contribution in [3.63, 3.8) is 0 Å². The van der Waals surface area contributed by atoms with Crippen molar-refractivity contribution < 1.29 is 4.42 Å². The molecule has 0 saturated carbocycles. The van der Waals surface area contributed by atoms with E-state index in [4.69, 9.17) is 19.4 Å². The summed E-state index contributed by atoms with van der Waals surface area (Å²) in [5.41, 5.74) is 15.2. The van der Waals surface area contributed by atoms with Gasteiger partial charge in [-0.05, 0) is 70.3 Å². The molecule has 69 heavy (non-hydrogen) atoms. The Morgan fingerprint density at radius 1 is 0.304 bits per heavy atom. The van der Waals surface area contributed by atoms with Crippen LogP contribution in [0.25, 0.3) is 133 Å². The molecular weight excluding hydrogens is 843 g/mol. The number of rotatable bonds is 7. The summed E-state index contributed by atoms with van der Waals surface area (Å²) in [5.74, 6) is 1.70. The zero-order valence-corrected chi connectivity index (χ0v) is 37.2. The minimum atomic E-state index is 0.530. The Labute approximate surface area is 396 Å². The Morgan fingerprint density at radius 3 is 1.36 bits per heavy atom. The van der Waals surface area contributed by atoms with Gasteiger partial charge >= 0.3 is 0 Å². The molecule has 6 heteroatoms. The van der Waals surface area contributed by atoms with Crippen molar-refractivity contribution >= 4 is 65.6 Å². The molecule has 0 unspecified atom stereocenters. The van der Waals surface area contributed by atoms with Crippen molar-refractivity contribution in [1.82, 2.24) is 24.1 Å². The van der Waals surface area contributed by atoms with Gasteiger partial charge in [0.1, 0.15) is 11.2 Å². The Bertz CT molecular complexity index is 4200. The van der Waals surface area contributed by atoms with Crippen LogP contribution >= 0.6 is 0 Å². The SMILES string of the molecule is c1ccc(-c2cccc(-c3nc(-c4cccc(-c5ccccc5)c4)nc(-n4c5ccccc5c5ccc6c7ccccc7n(-c7cc(-c8ccccc8)c8oc9ccccc9c8c7)c6c54)n3)c2)cc1.